The number of aryl methyl sites for hydroxylation is 1. The molecule has 1 saturated carbocycles. The van der Waals surface area contributed by atoms with E-state index in [9.17, 15) is 0 Å². The van der Waals surface area contributed by atoms with E-state index in [1.165, 1.54) is 80.1 Å². The summed E-state index contributed by atoms with van der Waals surface area (Å²) in [6.45, 7) is 6.98. The first kappa shape index (κ1) is 33.2. The first-order valence-corrected chi connectivity index (χ1v) is 19.9. The zero-order valence-corrected chi connectivity index (χ0v) is 31.9. The number of benzene rings is 7. The molecule has 10 rings (SSSR count). The Balaban J connectivity index is 1.04. The Labute approximate surface area is 324 Å². The highest BCUT2D eigenvalue weighted by Crippen LogP contribution is 2.62. The lowest BCUT2D eigenvalue weighted by atomic mass is 9.55. The van der Waals surface area contributed by atoms with Gasteiger partial charge in [-0.1, -0.05) is 127 Å². The van der Waals surface area contributed by atoms with Gasteiger partial charge in [-0.05, 0) is 167 Å². The highest BCUT2D eigenvalue weighted by Gasteiger charge is 2.52. The predicted molar refractivity (Wildman–Crippen MR) is 229 cm³/mol. The van der Waals surface area contributed by atoms with Crippen molar-refractivity contribution in [2.24, 2.45) is 17.8 Å². The van der Waals surface area contributed by atoms with Gasteiger partial charge in [0.05, 0.1) is 0 Å². The molecule has 0 heterocycles. The van der Waals surface area contributed by atoms with E-state index in [2.05, 4.69) is 183 Å². The lowest BCUT2D eigenvalue weighted by Crippen LogP contribution is -2.42. The molecule has 0 aliphatic heterocycles. The van der Waals surface area contributed by atoms with E-state index in [-0.39, 0.29) is 5.41 Å². The van der Waals surface area contributed by atoms with Gasteiger partial charge < -0.3 is 4.90 Å². The maximum Gasteiger partial charge on any atom is 0.0468 e. The van der Waals surface area contributed by atoms with Gasteiger partial charge in [0.2, 0.25) is 0 Å². The summed E-state index contributed by atoms with van der Waals surface area (Å²) in [6.07, 6.45) is 6.48. The van der Waals surface area contributed by atoms with E-state index in [1.54, 1.807) is 5.57 Å². The molecule has 1 nitrogen and oxygen atoms in total. The van der Waals surface area contributed by atoms with Crippen molar-refractivity contribution in [2.45, 2.75) is 45.4 Å². The van der Waals surface area contributed by atoms with E-state index < -0.39 is 0 Å². The van der Waals surface area contributed by atoms with Crippen molar-refractivity contribution in [3.05, 3.63) is 185 Å². The average molecular weight is 718 g/mol. The van der Waals surface area contributed by atoms with E-state index in [4.69, 9.17) is 11.6 Å². The summed E-state index contributed by atoms with van der Waals surface area (Å²) in [6, 6.07) is 56.0. The van der Waals surface area contributed by atoms with E-state index >= 15 is 0 Å². The van der Waals surface area contributed by atoms with Crippen LogP contribution in [0.25, 0.3) is 44.2 Å². The minimum atomic E-state index is -0.134. The van der Waals surface area contributed by atoms with Crippen LogP contribution in [0.5, 0.6) is 0 Å². The summed E-state index contributed by atoms with van der Waals surface area (Å²) < 4.78 is 0. The molecule has 2 bridgehead atoms. The largest absolute Gasteiger partial charge is 0.310 e. The van der Waals surface area contributed by atoms with Gasteiger partial charge in [-0.3, -0.25) is 0 Å². The summed E-state index contributed by atoms with van der Waals surface area (Å²) in [5.41, 5.74) is 16.6. The fourth-order valence-corrected chi connectivity index (χ4v) is 10.4. The van der Waals surface area contributed by atoms with Crippen LogP contribution in [-0.4, -0.2) is 0 Å². The van der Waals surface area contributed by atoms with Crippen LogP contribution in [0.3, 0.4) is 0 Å². The van der Waals surface area contributed by atoms with Crippen molar-refractivity contribution in [1.29, 1.82) is 0 Å². The lowest BCUT2D eigenvalue weighted by Gasteiger charge is -2.49. The monoisotopic (exact) mass is 717 g/mol. The second kappa shape index (κ2) is 12.9. The minimum absolute atomic E-state index is 0.134. The van der Waals surface area contributed by atoms with Gasteiger partial charge >= 0.3 is 0 Å². The van der Waals surface area contributed by atoms with Crippen LogP contribution < -0.4 is 4.90 Å². The van der Waals surface area contributed by atoms with Crippen molar-refractivity contribution in [3.63, 3.8) is 0 Å². The Morgan fingerprint density at radius 1 is 0.537 bits per heavy atom. The minimum Gasteiger partial charge on any atom is -0.310 e. The van der Waals surface area contributed by atoms with Crippen LogP contribution in [0.1, 0.15) is 49.8 Å². The summed E-state index contributed by atoms with van der Waals surface area (Å²) in [7, 11) is 0. The predicted octanol–water partition coefficient (Wildman–Crippen LogP) is 14.9. The van der Waals surface area contributed by atoms with Gasteiger partial charge in [-0.25, -0.2) is 0 Å². The maximum absolute atomic E-state index is 6.76. The van der Waals surface area contributed by atoms with Crippen LogP contribution in [0.2, 0.25) is 5.02 Å². The highest BCUT2D eigenvalue weighted by atomic mass is 35.5. The Morgan fingerprint density at radius 3 is 1.91 bits per heavy atom. The lowest BCUT2D eigenvalue weighted by molar-refractivity contribution is 0.168. The number of rotatable bonds is 5. The Hall–Kier alpha value is -5.37. The molecule has 4 atom stereocenters. The van der Waals surface area contributed by atoms with Crippen LogP contribution in [0.4, 0.5) is 17.1 Å². The topological polar surface area (TPSA) is 3.24 Å². The second-order valence-electron chi connectivity index (χ2n) is 16.2. The maximum atomic E-state index is 6.76. The molecule has 3 aliphatic carbocycles. The Morgan fingerprint density at radius 2 is 1.13 bits per heavy atom. The molecule has 54 heavy (non-hydrogen) atoms. The first-order valence-electron chi connectivity index (χ1n) is 19.5. The second-order valence-corrected chi connectivity index (χ2v) is 16.7. The van der Waals surface area contributed by atoms with Gasteiger partial charge in [0.15, 0.2) is 0 Å². The van der Waals surface area contributed by atoms with Gasteiger partial charge in [-0.2, -0.15) is 0 Å². The number of hydrogen-bond acceptors (Lipinski definition) is 1. The summed E-state index contributed by atoms with van der Waals surface area (Å²) in [5, 5.41) is 3.29. The Kier molecular flexibility index (Phi) is 7.93. The third-order valence-corrected chi connectivity index (χ3v) is 13.0. The third kappa shape index (κ3) is 5.44. The van der Waals surface area contributed by atoms with Crippen molar-refractivity contribution in [2.75, 3.05) is 4.90 Å². The molecule has 0 N–H and O–H groups in total. The van der Waals surface area contributed by atoms with Crippen LogP contribution in [0.15, 0.2) is 163 Å². The molecular weight excluding hydrogens is 674 g/mol. The molecule has 1 spiro atoms. The van der Waals surface area contributed by atoms with Gasteiger partial charge in [0, 0.05) is 27.5 Å². The zero-order chi connectivity index (χ0) is 36.6. The number of nitrogens with zero attached hydrogens (tertiary/aromatic N) is 1. The quantitative estimate of drug-likeness (QED) is 0.160. The molecule has 0 radical (unpaired) electrons. The van der Waals surface area contributed by atoms with E-state index in [0.29, 0.717) is 11.8 Å². The molecule has 0 saturated heterocycles. The summed E-state index contributed by atoms with van der Waals surface area (Å²) >= 11 is 6.76. The molecule has 1 fully saturated rings. The molecule has 0 amide bonds. The molecular formula is C52H44ClN. The molecule has 3 aliphatic rings. The number of halogens is 1. The molecule has 4 unspecified atom stereocenters. The van der Waals surface area contributed by atoms with Crippen LogP contribution >= 0.6 is 11.6 Å². The standard InChI is InChI=1S/C52H44ClN/c1-33-9-18-45(19-10-33)54(46-20-13-37(14-21-46)36-7-5-4-6-8-36)47-22-15-39-27-38(11-12-40(39)29-47)41-16-23-48-49-24-17-44(53)31-51(49)52(50(48)30-41)32-35(3)42-25-34(2)26-43(52)28-42/h4-24,27,29-32,34,42-43H,25-26,28H2,1-3H3. The fourth-order valence-electron chi connectivity index (χ4n) is 10.2. The zero-order valence-electron chi connectivity index (χ0n) is 31.2. The van der Waals surface area contributed by atoms with Crippen molar-refractivity contribution >= 4 is 39.4 Å². The molecule has 7 aromatic rings. The number of allylic oxidation sites excluding steroid dienone is 2. The molecule has 0 aromatic heterocycles. The molecule has 7 aromatic carbocycles. The van der Waals surface area contributed by atoms with E-state index in [1.807, 2.05) is 0 Å². The molecule has 2 heteroatoms. The van der Waals surface area contributed by atoms with Crippen LogP contribution in [0, 0.1) is 24.7 Å². The smallest absolute Gasteiger partial charge is 0.0468 e. The van der Waals surface area contributed by atoms with Gasteiger partial charge in [-0.15, -0.1) is 0 Å². The SMILES string of the molecule is CC1=CC2(c3cc(Cl)ccc3-c3ccc(-c4ccc5cc(N(c6ccc(C)cc6)c6ccc(-c7ccccc7)cc6)ccc5c4)cc32)C2CC(C)CC1C2. The van der Waals surface area contributed by atoms with Crippen molar-refractivity contribution < 1.29 is 0 Å². The normalized spacial score (nSPS) is 21.1. The molecule has 264 valence electrons. The fraction of sp³-hybridized carbons (Fsp3) is 0.192. The number of hydrogen-bond donors (Lipinski definition) is 0. The van der Waals surface area contributed by atoms with Crippen molar-refractivity contribution in [1.82, 2.24) is 0 Å². The van der Waals surface area contributed by atoms with Crippen LogP contribution in [-0.2, 0) is 5.41 Å². The third-order valence-electron chi connectivity index (χ3n) is 12.8. The van der Waals surface area contributed by atoms with Gasteiger partial charge in [0.25, 0.3) is 0 Å². The average Bonchev–Trinajstić information content (AvgIpc) is 3.46. The van der Waals surface area contributed by atoms with Gasteiger partial charge in [0.1, 0.15) is 0 Å². The Bertz CT molecular complexity index is 2580. The highest BCUT2D eigenvalue weighted by molar-refractivity contribution is 6.30. The summed E-state index contributed by atoms with van der Waals surface area (Å²) in [5.74, 6) is 2.00. The van der Waals surface area contributed by atoms with Crippen molar-refractivity contribution in [3.8, 4) is 33.4 Å². The first-order chi connectivity index (χ1) is 26.3. The summed E-state index contributed by atoms with van der Waals surface area (Å²) in [4.78, 5) is 2.36. The number of fused-ring (bicyclic) bond motifs is 9. The van der Waals surface area contributed by atoms with E-state index in [0.717, 1.165) is 28.0 Å². The number of anilines is 3.